The minimum absolute atomic E-state index is 0.0605. The van der Waals surface area contributed by atoms with Gasteiger partial charge in [-0.15, -0.1) is 0 Å². The number of para-hydroxylation sites is 1. The normalized spacial score (nSPS) is 10.2. The van der Waals surface area contributed by atoms with Crippen molar-refractivity contribution in [2.45, 2.75) is 26.2 Å². The van der Waals surface area contributed by atoms with Crippen LogP contribution in [0, 0.1) is 6.92 Å². The molecular formula is C16H17N3O4S. The molecule has 0 fully saturated rings. The van der Waals surface area contributed by atoms with Crippen molar-refractivity contribution in [3.8, 4) is 0 Å². The van der Waals surface area contributed by atoms with E-state index in [1.54, 1.807) is 19.1 Å². The summed E-state index contributed by atoms with van der Waals surface area (Å²) >= 11 is 1.08. The number of hydrogen-bond acceptors (Lipinski definition) is 5. The van der Waals surface area contributed by atoms with E-state index >= 15 is 0 Å². The summed E-state index contributed by atoms with van der Waals surface area (Å²) in [6.07, 6.45) is 0.290. The summed E-state index contributed by atoms with van der Waals surface area (Å²) in [4.78, 5) is 39.0. The molecule has 7 nitrogen and oxygen atoms in total. The third-order valence-electron chi connectivity index (χ3n) is 3.08. The summed E-state index contributed by atoms with van der Waals surface area (Å²) in [5.41, 5.74) is 1.20. The fourth-order valence-electron chi connectivity index (χ4n) is 1.95. The van der Waals surface area contributed by atoms with Gasteiger partial charge in [-0.3, -0.25) is 14.4 Å². The van der Waals surface area contributed by atoms with E-state index in [2.05, 4.69) is 15.6 Å². The maximum atomic E-state index is 12.3. The molecule has 0 saturated carbocycles. The average Bonchev–Trinajstić information content (AvgIpc) is 2.88. The number of benzene rings is 1. The second kappa shape index (κ2) is 8.21. The average molecular weight is 347 g/mol. The summed E-state index contributed by atoms with van der Waals surface area (Å²) < 4.78 is 0. The van der Waals surface area contributed by atoms with E-state index in [0.717, 1.165) is 11.3 Å². The number of aromatic nitrogens is 1. The molecule has 1 aromatic heterocycles. The topological polar surface area (TPSA) is 108 Å². The highest BCUT2D eigenvalue weighted by Crippen LogP contribution is 2.24. The van der Waals surface area contributed by atoms with E-state index in [1.165, 1.54) is 0 Å². The molecule has 0 atom stereocenters. The van der Waals surface area contributed by atoms with Gasteiger partial charge in [0, 0.05) is 18.5 Å². The van der Waals surface area contributed by atoms with Crippen LogP contribution in [0.2, 0.25) is 0 Å². The molecule has 0 aliphatic rings. The molecule has 2 rings (SSSR count). The highest BCUT2D eigenvalue weighted by atomic mass is 32.1. The number of anilines is 2. The zero-order valence-corrected chi connectivity index (χ0v) is 13.9. The van der Waals surface area contributed by atoms with Crippen molar-refractivity contribution < 1.29 is 19.5 Å². The lowest BCUT2D eigenvalue weighted by Gasteiger charge is -2.03. The highest BCUT2D eigenvalue weighted by molar-refractivity contribution is 7.17. The molecule has 24 heavy (non-hydrogen) atoms. The molecule has 1 aromatic carbocycles. The van der Waals surface area contributed by atoms with E-state index in [9.17, 15) is 14.4 Å². The van der Waals surface area contributed by atoms with Gasteiger partial charge in [-0.05, 0) is 25.5 Å². The first kappa shape index (κ1) is 17.6. The summed E-state index contributed by atoms with van der Waals surface area (Å²) in [6, 6.07) is 9.04. The van der Waals surface area contributed by atoms with Crippen LogP contribution in [-0.2, 0) is 9.59 Å². The van der Waals surface area contributed by atoms with Gasteiger partial charge < -0.3 is 15.7 Å². The number of carbonyl (C=O) groups excluding carboxylic acids is 2. The maximum absolute atomic E-state index is 12.3. The number of hydrogen-bond donors (Lipinski definition) is 3. The number of nitrogens with zero attached hydrogens (tertiary/aromatic N) is 1. The lowest BCUT2D eigenvalue weighted by atomic mass is 10.2. The number of carbonyl (C=O) groups is 3. The number of thiazole rings is 1. The van der Waals surface area contributed by atoms with Gasteiger partial charge in [-0.1, -0.05) is 29.5 Å². The van der Waals surface area contributed by atoms with Gasteiger partial charge in [-0.25, -0.2) is 4.98 Å². The smallest absolute Gasteiger partial charge is 0.303 e. The second-order valence-electron chi connectivity index (χ2n) is 5.05. The Hall–Kier alpha value is -2.74. The minimum atomic E-state index is -0.937. The van der Waals surface area contributed by atoms with Crippen LogP contribution in [0.5, 0.6) is 0 Å². The SMILES string of the molecule is Cc1nc(NC(=O)CCCC(=O)O)sc1C(=O)Nc1ccccc1. The molecule has 3 N–H and O–H groups in total. The molecule has 1 heterocycles. The van der Waals surface area contributed by atoms with E-state index in [0.29, 0.717) is 21.4 Å². The molecule has 2 amide bonds. The fraction of sp³-hybridized carbons (Fsp3) is 0.250. The molecule has 0 aliphatic heterocycles. The van der Waals surface area contributed by atoms with Gasteiger partial charge in [0.05, 0.1) is 5.69 Å². The standard InChI is InChI=1S/C16H17N3O4S/c1-10-14(15(23)18-11-6-3-2-4-7-11)24-16(17-10)19-12(20)8-5-9-13(21)22/h2-4,6-7H,5,8-9H2,1H3,(H,18,23)(H,21,22)(H,17,19,20). The highest BCUT2D eigenvalue weighted by Gasteiger charge is 2.16. The lowest BCUT2D eigenvalue weighted by molar-refractivity contribution is -0.137. The summed E-state index contributed by atoms with van der Waals surface area (Å²) in [6.45, 7) is 1.69. The number of aliphatic carboxylic acids is 1. The van der Waals surface area contributed by atoms with Gasteiger partial charge in [0.15, 0.2) is 5.13 Å². The second-order valence-corrected chi connectivity index (χ2v) is 6.05. The maximum Gasteiger partial charge on any atom is 0.303 e. The van der Waals surface area contributed by atoms with Crippen LogP contribution >= 0.6 is 11.3 Å². The third-order valence-corrected chi connectivity index (χ3v) is 4.15. The number of carboxylic acid groups (broad SMARTS) is 1. The van der Waals surface area contributed by atoms with Crippen LogP contribution in [-0.4, -0.2) is 27.9 Å². The monoisotopic (exact) mass is 347 g/mol. The molecule has 126 valence electrons. The predicted octanol–water partition coefficient (Wildman–Crippen LogP) is 2.90. The van der Waals surface area contributed by atoms with E-state index in [4.69, 9.17) is 5.11 Å². The van der Waals surface area contributed by atoms with Gasteiger partial charge in [0.1, 0.15) is 4.88 Å². The third kappa shape index (κ3) is 5.17. The van der Waals surface area contributed by atoms with Crippen LogP contribution in [0.25, 0.3) is 0 Å². The molecule has 0 bridgehead atoms. The van der Waals surface area contributed by atoms with Crippen LogP contribution in [0.1, 0.15) is 34.6 Å². The molecule has 0 aliphatic carbocycles. The quantitative estimate of drug-likeness (QED) is 0.713. The van der Waals surface area contributed by atoms with Crippen LogP contribution in [0.4, 0.5) is 10.8 Å². The first-order valence-corrected chi connectivity index (χ1v) is 8.13. The van der Waals surface area contributed by atoms with Crippen molar-refractivity contribution in [1.82, 2.24) is 4.98 Å². The van der Waals surface area contributed by atoms with Crippen molar-refractivity contribution in [2.75, 3.05) is 10.6 Å². The van der Waals surface area contributed by atoms with E-state index < -0.39 is 5.97 Å². The largest absolute Gasteiger partial charge is 0.481 e. The number of nitrogens with one attached hydrogen (secondary N) is 2. The van der Waals surface area contributed by atoms with Crippen LogP contribution < -0.4 is 10.6 Å². The number of amides is 2. The number of carboxylic acids is 1. The zero-order valence-electron chi connectivity index (χ0n) is 13.0. The zero-order chi connectivity index (χ0) is 17.5. The van der Waals surface area contributed by atoms with Crippen molar-refractivity contribution in [2.24, 2.45) is 0 Å². The summed E-state index contributed by atoms with van der Waals surface area (Å²) in [5.74, 6) is -1.55. The first-order valence-electron chi connectivity index (χ1n) is 7.31. The molecule has 2 aromatic rings. The van der Waals surface area contributed by atoms with Gasteiger partial charge >= 0.3 is 5.97 Å². The van der Waals surface area contributed by atoms with Crippen molar-refractivity contribution in [3.05, 3.63) is 40.9 Å². The fourth-order valence-corrected chi connectivity index (χ4v) is 2.83. The van der Waals surface area contributed by atoms with Crippen molar-refractivity contribution >= 4 is 39.9 Å². The molecule has 0 unspecified atom stereocenters. The van der Waals surface area contributed by atoms with Crippen LogP contribution in [0.15, 0.2) is 30.3 Å². The van der Waals surface area contributed by atoms with Crippen molar-refractivity contribution in [1.29, 1.82) is 0 Å². The summed E-state index contributed by atoms with van der Waals surface area (Å²) in [7, 11) is 0. The Kier molecular flexibility index (Phi) is 6.02. The lowest BCUT2D eigenvalue weighted by Crippen LogP contribution is -2.11. The number of aryl methyl sites for hydroxylation is 1. The van der Waals surface area contributed by atoms with Gasteiger partial charge in [0.2, 0.25) is 5.91 Å². The molecule has 8 heteroatoms. The van der Waals surface area contributed by atoms with Crippen molar-refractivity contribution in [3.63, 3.8) is 0 Å². The van der Waals surface area contributed by atoms with Crippen LogP contribution in [0.3, 0.4) is 0 Å². The Labute approximate surface area is 142 Å². The molecule has 0 spiro atoms. The Bertz CT molecular complexity index is 743. The Morgan fingerprint density at radius 2 is 1.83 bits per heavy atom. The Morgan fingerprint density at radius 3 is 2.50 bits per heavy atom. The summed E-state index contributed by atoms with van der Waals surface area (Å²) in [5, 5.41) is 14.2. The minimum Gasteiger partial charge on any atom is -0.481 e. The molecular weight excluding hydrogens is 330 g/mol. The predicted molar refractivity (Wildman–Crippen MR) is 91.4 cm³/mol. The molecule has 0 saturated heterocycles. The van der Waals surface area contributed by atoms with Gasteiger partial charge in [0.25, 0.3) is 5.91 Å². The Morgan fingerprint density at radius 1 is 1.12 bits per heavy atom. The Balaban J connectivity index is 1.95. The molecule has 0 radical (unpaired) electrons. The van der Waals surface area contributed by atoms with E-state index in [1.807, 2.05) is 18.2 Å². The van der Waals surface area contributed by atoms with Gasteiger partial charge in [-0.2, -0.15) is 0 Å². The number of rotatable bonds is 7. The first-order chi connectivity index (χ1) is 11.5. The van der Waals surface area contributed by atoms with E-state index in [-0.39, 0.29) is 31.1 Å².